The third-order valence-electron chi connectivity index (χ3n) is 4.03. The number of benzene rings is 2. The van der Waals surface area contributed by atoms with E-state index >= 15 is 0 Å². The van der Waals surface area contributed by atoms with Gasteiger partial charge in [0, 0.05) is 28.9 Å². The molecule has 0 fully saturated rings. The number of carbonyl (C=O) groups is 1. The van der Waals surface area contributed by atoms with E-state index in [0.717, 1.165) is 28.9 Å². The van der Waals surface area contributed by atoms with Crippen LogP contribution in [0.5, 0.6) is 5.75 Å². The third kappa shape index (κ3) is 6.21. The molecule has 0 bridgehead atoms. The van der Waals surface area contributed by atoms with Gasteiger partial charge >= 0.3 is 0 Å². The molecule has 0 heterocycles. The Hall–Kier alpha value is -2.12. The molecule has 2 aromatic carbocycles. The van der Waals surface area contributed by atoms with Gasteiger partial charge in [0.1, 0.15) is 5.75 Å². The molecular formula is C21H26BrN3O2S. The number of carbonyl (C=O) groups excluding carboxylic acids is 1. The van der Waals surface area contributed by atoms with Crippen LogP contribution in [-0.4, -0.2) is 30.2 Å². The maximum Gasteiger partial charge on any atom is 0.261 e. The van der Waals surface area contributed by atoms with E-state index in [1.807, 2.05) is 44.2 Å². The molecular weight excluding hydrogens is 438 g/mol. The van der Waals surface area contributed by atoms with Crippen molar-refractivity contribution in [2.45, 2.75) is 33.8 Å². The molecule has 2 N–H and O–H groups in total. The Bertz CT molecular complexity index is 821. The molecule has 2 aromatic rings. The van der Waals surface area contributed by atoms with Crippen molar-refractivity contribution in [1.82, 2.24) is 5.32 Å². The highest BCUT2D eigenvalue weighted by Crippen LogP contribution is 2.24. The molecule has 0 unspecified atom stereocenters. The number of ether oxygens (including phenoxy) is 1. The van der Waals surface area contributed by atoms with Crippen molar-refractivity contribution in [2.75, 3.05) is 23.3 Å². The van der Waals surface area contributed by atoms with Crippen molar-refractivity contribution in [3.8, 4) is 5.75 Å². The van der Waals surface area contributed by atoms with Gasteiger partial charge in [-0.25, -0.2) is 0 Å². The lowest BCUT2D eigenvalue weighted by Crippen LogP contribution is -2.34. The highest BCUT2D eigenvalue weighted by atomic mass is 79.9. The van der Waals surface area contributed by atoms with Gasteiger partial charge in [-0.2, -0.15) is 0 Å². The SMILES string of the molecule is CCN(CC)c1ccc(NC(=S)NC(=O)c2cc(Br)ccc2OC(C)C)cc1. The zero-order chi connectivity index (χ0) is 20.7. The van der Waals surface area contributed by atoms with Crippen molar-refractivity contribution in [1.29, 1.82) is 0 Å². The summed E-state index contributed by atoms with van der Waals surface area (Å²) in [6.45, 7) is 9.98. The van der Waals surface area contributed by atoms with Gasteiger partial charge in [-0.15, -0.1) is 0 Å². The van der Waals surface area contributed by atoms with Crippen LogP contribution < -0.4 is 20.3 Å². The van der Waals surface area contributed by atoms with Gasteiger partial charge < -0.3 is 15.0 Å². The Kier molecular flexibility index (Phi) is 8.26. The van der Waals surface area contributed by atoms with E-state index in [2.05, 4.69) is 45.3 Å². The lowest BCUT2D eigenvalue weighted by Gasteiger charge is -2.21. The Balaban J connectivity index is 2.05. The monoisotopic (exact) mass is 463 g/mol. The second-order valence-corrected chi connectivity index (χ2v) is 7.76. The topological polar surface area (TPSA) is 53.6 Å². The predicted octanol–water partition coefficient (Wildman–Crippen LogP) is 5.21. The molecule has 28 heavy (non-hydrogen) atoms. The molecule has 0 aliphatic carbocycles. The summed E-state index contributed by atoms with van der Waals surface area (Å²) in [5.74, 6) is 0.191. The van der Waals surface area contributed by atoms with Crippen molar-refractivity contribution >= 4 is 50.5 Å². The van der Waals surface area contributed by atoms with Gasteiger partial charge in [0.05, 0.1) is 11.7 Å². The fraction of sp³-hybridized carbons (Fsp3) is 0.333. The molecule has 150 valence electrons. The first-order chi connectivity index (χ1) is 13.3. The molecule has 1 amide bonds. The van der Waals surface area contributed by atoms with Crippen molar-refractivity contribution in [3.05, 3.63) is 52.5 Å². The maximum absolute atomic E-state index is 12.7. The first-order valence-corrected chi connectivity index (χ1v) is 10.5. The number of nitrogens with one attached hydrogen (secondary N) is 2. The number of rotatable bonds is 7. The zero-order valence-corrected chi connectivity index (χ0v) is 19.0. The molecule has 0 aliphatic heterocycles. The normalized spacial score (nSPS) is 10.5. The second kappa shape index (κ2) is 10.4. The fourth-order valence-corrected chi connectivity index (χ4v) is 3.29. The molecule has 0 aliphatic rings. The minimum Gasteiger partial charge on any atom is -0.490 e. The molecule has 2 rings (SSSR count). The minimum absolute atomic E-state index is 0.0397. The molecule has 0 radical (unpaired) electrons. The highest BCUT2D eigenvalue weighted by Gasteiger charge is 2.16. The Morgan fingerprint density at radius 1 is 1.14 bits per heavy atom. The average molecular weight is 464 g/mol. The van der Waals surface area contributed by atoms with Crippen LogP contribution in [-0.2, 0) is 0 Å². The number of anilines is 2. The quantitative estimate of drug-likeness (QED) is 0.551. The number of amides is 1. The van der Waals surface area contributed by atoms with Crippen LogP contribution in [0.15, 0.2) is 46.9 Å². The maximum atomic E-state index is 12.7. The van der Waals surface area contributed by atoms with Crippen LogP contribution in [0, 0.1) is 0 Å². The van der Waals surface area contributed by atoms with Gasteiger partial charge in [-0.3, -0.25) is 10.1 Å². The summed E-state index contributed by atoms with van der Waals surface area (Å²) in [4.78, 5) is 14.9. The minimum atomic E-state index is -0.325. The number of hydrogen-bond donors (Lipinski definition) is 2. The second-order valence-electron chi connectivity index (χ2n) is 6.43. The van der Waals surface area contributed by atoms with E-state index in [0.29, 0.717) is 11.3 Å². The summed E-state index contributed by atoms with van der Waals surface area (Å²) in [7, 11) is 0. The van der Waals surface area contributed by atoms with E-state index in [-0.39, 0.29) is 17.1 Å². The number of hydrogen-bond acceptors (Lipinski definition) is 4. The van der Waals surface area contributed by atoms with Crippen molar-refractivity contribution in [2.24, 2.45) is 0 Å². The average Bonchev–Trinajstić information content (AvgIpc) is 2.65. The summed E-state index contributed by atoms with van der Waals surface area (Å²) in [5, 5.41) is 6.00. The van der Waals surface area contributed by atoms with Crippen molar-refractivity contribution < 1.29 is 9.53 Å². The lowest BCUT2D eigenvalue weighted by molar-refractivity contribution is 0.0972. The number of thiocarbonyl (C=S) groups is 1. The molecule has 0 saturated carbocycles. The summed E-state index contributed by atoms with van der Waals surface area (Å²) in [6, 6.07) is 13.3. The van der Waals surface area contributed by atoms with Crippen LogP contribution in [0.2, 0.25) is 0 Å². The Labute approximate surface area is 180 Å². The highest BCUT2D eigenvalue weighted by molar-refractivity contribution is 9.10. The fourth-order valence-electron chi connectivity index (χ4n) is 2.71. The predicted molar refractivity (Wildman–Crippen MR) is 124 cm³/mol. The molecule has 0 aromatic heterocycles. The van der Waals surface area contributed by atoms with E-state index < -0.39 is 0 Å². The summed E-state index contributed by atoms with van der Waals surface area (Å²) in [5.41, 5.74) is 2.38. The van der Waals surface area contributed by atoms with Gasteiger partial charge in [0.25, 0.3) is 5.91 Å². The molecule has 7 heteroatoms. The van der Waals surface area contributed by atoms with Crippen LogP contribution in [0.3, 0.4) is 0 Å². The van der Waals surface area contributed by atoms with E-state index in [1.165, 1.54) is 0 Å². The standard InChI is InChI=1S/C21H26BrN3O2S/c1-5-25(6-2)17-10-8-16(9-11-17)23-21(28)24-20(26)18-13-15(22)7-12-19(18)27-14(3)4/h7-14H,5-6H2,1-4H3,(H2,23,24,26,28). The van der Waals surface area contributed by atoms with Gasteiger partial charge in [-0.05, 0) is 82.4 Å². The van der Waals surface area contributed by atoms with Crippen LogP contribution >= 0.6 is 28.1 Å². The van der Waals surface area contributed by atoms with Crippen LogP contribution in [0.25, 0.3) is 0 Å². The first-order valence-electron chi connectivity index (χ1n) is 9.27. The first kappa shape index (κ1) is 22.2. The van der Waals surface area contributed by atoms with Crippen molar-refractivity contribution in [3.63, 3.8) is 0 Å². The molecule has 0 atom stereocenters. The Morgan fingerprint density at radius 2 is 1.79 bits per heavy atom. The molecule has 5 nitrogen and oxygen atoms in total. The van der Waals surface area contributed by atoms with E-state index in [9.17, 15) is 4.79 Å². The van der Waals surface area contributed by atoms with Gasteiger partial charge in [-0.1, -0.05) is 15.9 Å². The van der Waals surface area contributed by atoms with Gasteiger partial charge in [0.2, 0.25) is 0 Å². The summed E-state index contributed by atoms with van der Waals surface area (Å²) < 4.78 is 6.52. The summed E-state index contributed by atoms with van der Waals surface area (Å²) in [6.07, 6.45) is -0.0397. The van der Waals surface area contributed by atoms with Crippen LogP contribution in [0.4, 0.5) is 11.4 Å². The molecule has 0 spiro atoms. The number of halogens is 1. The largest absolute Gasteiger partial charge is 0.490 e. The van der Waals surface area contributed by atoms with E-state index in [1.54, 1.807) is 12.1 Å². The number of nitrogens with zero attached hydrogens (tertiary/aromatic N) is 1. The third-order valence-corrected chi connectivity index (χ3v) is 4.73. The smallest absolute Gasteiger partial charge is 0.261 e. The zero-order valence-electron chi connectivity index (χ0n) is 16.6. The Morgan fingerprint density at radius 3 is 2.36 bits per heavy atom. The summed E-state index contributed by atoms with van der Waals surface area (Å²) >= 11 is 8.69. The molecule has 0 saturated heterocycles. The lowest BCUT2D eigenvalue weighted by atomic mass is 10.2. The van der Waals surface area contributed by atoms with E-state index in [4.69, 9.17) is 17.0 Å². The van der Waals surface area contributed by atoms with Crippen LogP contribution in [0.1, 0.15) is 38.1 Å². The van der Waals surface area contributed by atoms with Gasteiger partial charge in [0.15, 0.2) is 5.11 Å².